The van der Waals surface area contributed by atoms with Gasteiger partial charge >= 0.3 is 0 Å². The van der Waals surface area contributed by atoms with E-state index in [1.54, 1.807) is 0 Å². The van der Waals surface area contributed by atoms with E-state index < -0.39 is 9.05 Å². The van der Waals surface area contributed by atoms with E-state index in [4.69, 9.17) is 4.55 Å². The number of hydrogen-bond donors (Lipinski definition) is 1. The first-order valence-electron chi connectivity index (χ1n) is 6.33. The first-order chi connectivity index (χ1) is 8.06. The minimum absolute atomic E-state index is 0.250. The fraction of sp³-hybridized carbons (Fsp3) is 0.833. The maximum Gasteiger partial charge on any atom is 0.266 e. The molecule has 0 aromatic carbocycles. The minimum atomic E-state index is -3.43. The number of unbranched alkanes of at least 4 members (excludes halogenated alkanes) is 6. The lowest BCUT2D eigenvalue weighted by molar-refractivity contribution is 0.300. The molecule has 0 aliphatic carbocycles. The summed E-state index contributed by atoms with van der Waals surface area (Å²) in [5.41, 5.74) is 0. The van der Waals surface area contributed by atoms with Gasteiger partial charge in [-0.15, -0.1) is 0 Å². The average Bonchev–Trinajstić information content (AvgIpc) is 2.24. The predicted molar refractivity (Wildman–Crippen MR) is 75.8 cm³/mol. The second-order valence-corrected chi connectivity index (χ2v) is 6.42. The lowest BCUT2D eigenvalue weighted by atomic mass is 10.1. The molecular formula is C12H24O3S2. The Morgan fingerprint density at radius 3 is 2.29 bits per heavy atom. The average molecular weight is 280 g/mol. The molecule has 0 saturated carbocycles. The van der Waals surface area contributed by atoms with Crippen LogP contribution in [0.1, 0.15) is 58.3 Å². The highest BCUT2D eigenvalue weighted by atomic mass is 32.9. The molecule has 0 fully saturated rings. The van der Waals surface area contributed by atoms with E-state index in [1.165, 1.54) is 32.1 Å². The summed E-state index contributed by atoms with van der Waals surface area (Å²) < 4.78 is 23.8. The molecule has 0 aliphatic rings. The van der Waals surface area contributed by atoms with Crippen LogP contribution in [0.3, 0.4) is 0 Å². The Morgan fingerprint density at radius 2 is 1.71 bits per heavy atom. The van der Waals surface area contributed by atoms with Crippen LogP contribution in [-0.2, 0) is 24.4 Å². The molecule has 0 aromatic rings. The van der Waals surface area contributed by atoms with Crippen LogP contribution in [0, 0.1) is 0 Å². The van der Waals surface area contributed by atoms with Crippen molar-refractivity contribution in [2.24, 2.45) is 0 Å². The number of allylic oxidation sites excluding steroid dienone is 2. The van der Waals surface area contributed by atoms with Gasteiger partial charge in [0.1, 0.15) is 0 Å². The van der Waals surface area contributed by atoms with Crippen LogP contribution in [0.4, 0.5) is 0 Å². The van der Waals surface area contributed by atoms with E-state index in [1.807, 2.05) is 0 Å². The summed E-state index contributed by atoms with van der Waals surface area (Å²) in [5, 5.41) is 0. The van der Waals surface area contributed by atoms with Gasteiger partial charge in [-0.3, -0.25) is 8.74 Å². The third-order valence-electron chi connectivity index (χ3n) is 2.39. The normalized spacial score (nSPS) is 15.2. The van der Waals surface area contributed by atoms with Gasteiger partial charge in [0.2, 0.25) is 0 Å². The maximum absolute atomic E-state index is 10.6. The van der Waals surface area contributed by atoms with Crippen molar-refractivity contribution in [3.8, 4) is 0 Å². The Balaban J connectivity index is 3.20. The largest absolute Gasteiger partial charge is 0.285 e. The van der Waals surface area contributed by atoms with E-state index in [2.05, 4.69) is 34.4 Å². The summed E-state index contributed by atoms with van der Waals surface area (Å²) in [6.45, 7) is 2.47. The molecule has 0 saturated heterocycles. The monoisotopic (exact) mass is 280 g/mol. The highest BCUT2D eigenvalue weighted by molar-refractivity contribution is 8.27. The van der Waals surface area contributed by atoms with Crippen LogP contribution >= 0.6 is 0 Å². The molecular weight excluding hydrogens is 256 g/mol. The quantitative estimate of drug-likeness (QED) is 0.461. The van der Waals surface area contributed by atoms with Gasteiger partial charge in [0.05, 0.1) is 6.61 Å². The Kier molecular flexibility index (Phi) is 11.2. The molecule has 17 heavy (non-hydrogen) atoms. The standard InChI is InChI=1S/C12H24O3S2/c1-2-3-4-5-6-7-8-9-10-11-12-15-17(13,14)16/h8-9H,2-7,10-12H2,1H3,(H,13,14,16). The molecule has 0 radical (unpaired) electrons. The van der Waals surface area contributed by atoms with Gasteiger partial charge < -0.3 is 0 Å². The van der Waals surface area contributed by atoms with Crippen molar-refractivity contribution in [2.75, 3.05) is 6.61 Å². The molecule has 0 bridgehead atoms. The molecule has 0 heterocycles. The Bertz CT molecular complexity index is 284. The van der Waals surface area contributed by atoms with E-state index in [0.717, 1.165) is 19.3 Å². The number of hydrogen-bond acceptors (Lipinski definition) is 3. The van der Waals surface area contributed by atoms with Crippen molar-refractivity contribution in [2.45, 2.75) is 58.3 Å². The first-order valence-corrected chi connectivity index (χ1v) is 8.69. The molecule has 1 atom stereocenters. The van der Waals surface area contributed by atoms with Crippen LogP contribution in [0.5, 0.6) is 0 Å². The zero-order valence-electron chi connectivity index (χ0n) is 10.6. The summed E-state index contributed by atoms with van der Waals surface area (Å²) in [6.07, 6.45) is 13.5. The van der Waals surface area contributed by atoms with Crippen molar-refractivity contribution >= 4 is 20.2 Å². The summed E-state index contributed by atoms with van der Waals surface area (Å²) >= 11 is 4.20. The summed E-state index contributed by atoms with van der Waals surface area (Å²) in [4.78, 5) is 0. The predicted octanol–water partition coefficient (Wildman–Crippen LogP) is 3.83. The van der Waals surface area contributed by atoms with Crippen molar-refractivity contribution in [3.63, 3.8) is 0 Å². The van der Waals surface area contributed by atoms with Gasteiger partial charge in [0.25, 0.3) is 9.05 Å². The fourth-order valence-corrected chi connectivity index (χ4v) is 2.00. The third kappa shape index (κ3) is 16.0. The fourth-order valence-electron chi connectivity index (χ4n) is 1.47. The molecule has 0 spiro atoms. The zero-order chi connectivity index (χ0) is 13.0. The maximum atomic E-state index is 10.6. The summed E-state index contributed by atoms with van der Waals surface area (Å²) in [7, 11) is -3.43. The molecule has 5 heteroatoms. The van der Waals surface area contributed by atoms with Crippen molar-refractivity contribution in [1.82, 2.24) is 0 Å². The molecule has 1 N–H and O–H groups in total. The zero-order valence-corrected chi connectivity index (χ0v) is 12.2. The Hall–Kier alpha value is 0.0300. The summed E-state index contributed by atoms with van der Waals surface area (Å²) in [5.74, 6) is 0. The first kappa shape index (κ1) is 17.0. The van der Waals surface area contributed by atoms with Crippen LogP contribution in [-0.4, -0.2) is 15.4 Å². The van der Waals surface area contributed by atoms with Gasteiger partial charge in [-0.1, -0.05) is 44.8 Å². The van der Waals surface area contributed by atoms with Crippen molar-refractivity contribution in [1.29, 1.82) is 0 Å². The number of rotatable bonds is 11. The molecule has 102 valence electrons. The Morgan fingerprint density at radius 1 is 1.12 bits per heavy atom. The van der Waals surface area contributed by atoms with Crippen LogP contribution in [0.15, 0.2) is 12.2 Å². The smallest absolute Gasteiger partial charge is 0.266 e. The van der Waals surface area contributed by atoms with Gasteiger partial charge in [0.15, 0.2) is 0 Å². The molecule has 0 aliphatic heterocycles. The molecule has 3 nitrogen and oxygen atoms in total. The second kappa shape index (κ2) is 11.1. The highest BCUT2D eigenvalue weighted by Crippen LogP contribution is 2.06. The van der Waals surface area contributed by atoms with Gasteiger partial charge in [-0.2, -0.15) is 4.21 Å². The summed E-state index contributed by atoms with van der Waals surface area (Å²) in [6, 6.07) is 0. The van der Waals surface area contributed by atoms with Crippen LogP contribution in [0.2, 0.25) is 0 Å². The Labute approximate surface area is 110 Å². The van der Waals surface area contributed by atoms with E-state index in [-0.39, 0.29) is 6.61 Å². The molecule has 0 rings (SSSR count). The molecule has 0 aromatic heterocycles. The topological polar surface area (TPSA) is 46.5 Å². The third-order valence-corrected chi connectivity index (χ3v) is 3.14. The SMILES string of the molecule is CCCCCCCC=CCCCOS(=O)(O)=S. The second-order valence-electron chi connectivity index (χ2n) is 4.07. The van der Waals surface area contributed by atoms with Gasteiger partial charge in [-0.05, 0) is 25.7 Å². The minimum Gasteiger partial charge on any atom is -0.285 e. The van der Waals surface area contributed by atoms with E-state index in [0.29, 0.717) is 0 Å². The van der Waals surface area contributed by atoms with Gasteiger partial charge in [-0.25, -0.2) is 0 Å². The van der Waals surface area contributed by atoms with Crippen molar-refractivity contribution < 1.29 is 12.9 Å². The van der Waals surface area contributed by atoms with Crippen molar-refractivity contribution in [3.05, 3.63) is 12.2 Å². The lowest BCUT2D eigenvalue weighted by Crippen LogP contribution is -2.02. The van der Waals surface area contributed by atoms with E-state index >= 15 is 0 Å². The molecule has 0 amide bonds. The van der Waals surface area contributed by atoms with Gasteiger partial charge in [0, 0.05) is 11.2 Å². The molecule has 1 unspecified atom stereocenters. The van der Waals surface area contributed by atoms with E-state index in [9.17, 15) is 4.21 Å². The highest BCUT2D eigenvalue weighted by Gasteiger charge is 1.97. The van der Waals surface area contributed by atoms with Crippen LogP contribution < -0.4 is 0 Å². The lowest BCUT2D eigenvalue weighted by Gasteiger charge is -1.99. The van der Waals surface area contributed by atoms with Crippen LogP contribution in [0.25, 0.3) is 0 Å².